The van der Waals surface area contributed by atoms with Gasteiger partial charge >= 0.3 is 0 Å². The number of thiophene rings is 1. The molecule has 3 rings (SSSR count). The predicted molar refractivity (Wildman–Crippen MR) is 52.2 cm³/mol. The second-order valence-electron chi connectivity index (χ2n) is 2.76. The van der Waals surface area contributed by atoms with E-state index in [4.69, 9.17) is 0 Å². The zero-order chi connectivity index (χ0) is 8.67. The highest BCUT2D eigenvalue weighted by Crippen LogP contribution is 2.33. The van der Waals surface area contributed by atoms with Crippen LogP contribution in [0.1, 0.15) is 5.56 Å². The highest BCUT2D eigenvalue weighted by molar-refractivity contribution is 7.14. The Hall–Kier alpha value is -1.49. The van der Waals surface area contributed by atoms with Crippen molar-refractivity contribution in [2.75, 3.05) is 11.6 Å². The van der Waals surface area contributed by atoms with Crippen molar-refractivity contribution < 1.29 is 0 Å². The normalized spacial score (nSPS) is 18.2. The quantitative estimate of drug-likeness (QED) is 0.618. The van der Waals surface area contributed by atoms with Gasteiger partial charge in [0.1, 0.15) is 11.7 Å². The average Bonchev–Trinajstić information content (AvgIpc) is 2.72. The molecule has 0 saturated carbocycles. The molecular formula is C8H6N4S. The summed E-state index contributed by atoms with van der Waals surface area (Å²) < 4.78 is 0. The molecule has 0 fully saturated rings. The SMILES string of the molecule is C1=NC=C2N=NCN2c2sccc21. The third-order valence-corrected chi connectivity index (χ3v) is 2.93. The average molecular weight is 190 g/mol. The number of hydrogen-bond acceptors (Lipinski definition) is 5. The van der Waals surface area contributed by atoms with Crippen molar-refractivity contribution >= 4 is 22.6 Å². The minimum Gasteiger partial charge on any atom is -0.292 e. The first-order chi connectivity index (χ1) is 6.45. The first-order valence-corrected chi connectivity index (χ1v) is 4.79. The van der Waals surface area contributed by atoms with E-state index in [9.17, 15) is 0 Å². The van der Waals surface area contributed by atoms with E-state index >= 15 is 0 Å². The standard InChI is InChI=1S/C8H6N4S/c1-2-13-8-6(1)3-9-4-7-11-10-5-12(7)8/h1-4H,5H2. The molecule has 1 aromatic heterocycles. The molecule has 0 radical (unpaired) electrons. The molecule has 13 heavy (non-hydrogen) atoms. The Morgan fingerprint density at radius 3 is 3.46 bits per heavy atom. The van der Waals surface area contributed by atoms with Gasteiger partial charge in [0, 0.05) is 11.8 Å². The van der Waals surface area contributed by atoms with Crippen LogP contribution in [0.2, 0.25) is 0 Å². The van der Waals surface area contributed by atoms with Gasteiger partial charge in [-0.3, -0.25) is 9.89 Å². The highest BCUT2D eigenvalue weighted by Gasteiger charge is 2.21. The van der Waals surface area contributed by atoms with Gasteiger partial charge in [-0.2, -0.15) is 5.11 Å². The third kappa shape index (κ3) is 0.936. The van der Waals surface area contributed by atoms with Crippen molar-refractivity contribution in [1.29, 1.82) is 0 Å². The molecule has 0 unspecified atom stereocenters. The lowest BCUT2D eigenvalue weighted by Crippen LogP contribution is -2.15. The summed E-state index contributed by atoms with van der Waals surface area (Å²) in [6, 6.07) is 2.05. The fourth-order valence-electron chi connectivity index (χ4n) is 1.37. The smallest absolute Gasteiger partial charge is 0.176 e. The van der Waals surface area contributed by atoms with E-state index < -0.39 is 0 Å². The maximum absolute atomic E-state index is 4.15. The zero-order valence-electron chi connectivity index (χ0n) is 6.71. The molecule has 2 aliphatic heterocycles. The summed E-state index contributed by atoms with van der Waals surface area (Å²) in [7, 11) is 0. The van der Waals surface area contributed by atoms with Crippen molar-refractivity contribution in [2.24, 2.45) is 15.2 Å². The molecule has 0 saturated heterocycles. The van der Waals surface area contributed by atoms with Crippen LogP contribution in [0.15, 0.2) is 38.7 Å². The largest absolute Gasteiger partial charge is 0.292 e. The lowest BCUT2D eigenvalue weighted by molar-refractivity contribution is 1.02. The van der Waals surface area contributed by atoms with E-state index in [0.717, 1.165) is 11.4 Å². The molecule has 0 spiro atoms. The first kappa shape index (κ1) is 6.97. The molecule has 4 nitrogen and oxygen atoms in total. The fraction of sp³-hybridized carbons (Fsp3) is 0.125. The van der Waals surface area contributed by atoms with Gasteiger partial charge in [-0.1, -0.05) is 0 Å². The van der Waals surface area contributed by atoms with Crippen molar-refractivity contribution in [1.82, 2.24) is 0 Å². The van der Waals surface area contributed by atoms with Crippen LogP contribution < -0.4 is 4.90 Å². The summed E-state index contributed by atoms with van der Waals surface area (Å²) in [6.07, 6.45) is 3.59. The van der Waals surface area contributed by atoms with E-state index in [1.54, 1.807) is 17.5 Å². The minimum absolute atomic E-state index is 0.614. The minimum atomic E-state index is 0.614. The molecule has 2 aliphatic rings. The Morgan fingerprint density at radius 2 is 2.46 bits per heavy atom. The molecule has 0 aliphatic carbocycles. The Kier molecular flexibility index (Phi) is 1.34. The van der Waals surface area contributed by atoms with Gasteiger partial charge < -0.3 is 0 Å². The van der Waals surface area contributed by atoms with Crippen LogP contribution in [0.25, 0.3) is 0 Å². The molecule has 0 atom stereocenters. The molecule has 0 aromatic carbocycles. The Balaban J connectivity index is 2.19. The molecular weight excluding hydrogens is 184 g/mol. The van der Waals surface area contributed by atoms with Crippen molar-refractivity contribution in [3.05, 3.63) is 29.0 Å². The van der Waals surface area contributed by atoms with E-state index in [-0.39, 0.29) is 0 Å². The van der Waals surface area contributed by atoms with E-state index in [0.29, 0.717) is 6.67 Å². The Morgan fingerprint density at radius 1 is 1.46 bits per heavy atom. The van der Waals surface area contributed by atoms with Gasteiger partial charge in [-0.15, -0.1) is 16.5 Å². The van der Waals surface area contributed by atoms with E-state index in [2.05, 4.69) is 31.6 Å². The van der Waals surface area contributed by atoms with Crippen molar-refractivity contribution in [3.63, 3.8) is 0 Å². The summed E-state index contributed by atoms with van der Waals surface area (Å²) in [6.45, 7) is 0.614. The van der Waals surface area contributed by atoms with Crippen molar-refractivity contribution in [3.8, 4) is 0 Å². The number of rotatable bonds is 0. The second kappa shape index (κ2) is 2.50. The van der Waals surface area contributed by atoms with Gasteiger partial charge in [0.05, 0.1) is 6.20 Å². The zero-order valence-corrected chi connectivity index (χ0v) is 7.53. The highest BCUT2D eigenvalue weighted by atomic mass is 32.1. The maximum Gasteiger partial charge on any atom is 0.176 e. The number of hydrogen-bond donors (Lipinski definition) is 0. The van der Waals surface area contributed by atoms with Gasteiger partial charge in [-0.25, -0.2) is 0 Å². The van der Waals surface area contributed by atoms with Crippen LogP contribution in [0, 0.1) is 0 Å². The van der Waals surface area contributed by atoms with Gasteiger partial charge in [0.2, 0.25) is 0 Å². The van der Waals surface area contributed by atoms with Crippen LogP contribution in [0.5, 0.6) is 0 Å². The van der Waals surface area contributed by atoms with Crippen LogP contribution in [0.4, 0.5) is 5.00 Å². The van der Waals surface area contributed by atoms with Gasteiger partial charge in [0.15, 0.2) is 5.82 Å². The number of anilines is 1. The van der Waals surface area contributed by atoms with Crippen LogP contribution in [-0.4, -0.2) is 12.9 Å². The summed E-state index contributed by atoms with van der Waals surface area (Å²) in [4.78, 5) is 6.21. The molecule has 64 valence electrons. The van der Waals surface area contributed by atoms with Crippen LogP contribution >= 0.6 is 11.3 Å². The molecule has 1 aromatic rings. The number of aliphatic imine (C=N–C) groups is 1. The Labute approximate surface area is 78.9 Å². The second-order valence-corrected chi connectivity index (χ2v) is 3.65. The predicted octanol–water partition coefficient (Wildman–Crippen LogP) is 2.21. The van der Waals surface area contributed by atoms with E-state index in [1.165, 1.54) is 5.00 Å². The summed E-state index contributed by atoms with van der Waals surface area (Å²) in [5.41, 5.74) is 1.14. The van der Waals surface area contributed by atoms with Crippen LogP contribution in [-0.2, 0) is 0 Å². The Bertz CT molecular complexity index is 429. The molecule has 0 N–H and O–H groups in total. The number of nitrogens with zero attached hydrogens (tertiary/aromatic N) is 4. The molecule has 0 bridgehead atoms. The monoisotopic (exact) mass is 190 g/mol. The third-order valence-electron chi connectivity index (χ3n) is 1.98. The van der Waals surface area contributed by atoms with Gasteiger partial charge in [-0.05, 0) is 11.4 Å². The molecule has 5 heteroatoms. The summed E-state index contributed by atoms with van der Waals surface area (Å²) >= 11 is 1.69. The summed E-state index contributed by atoms with van der Waals surface area (Å²) in [5, 5.41) is 11.2. The molecule has 3 heterocycles. The topological polar surface area (TPSA) is 40.3 Å². The number of fused-ring (bicyclic) bond motifs is 3. The lowest BCUT2D eigenvalue weighted by Gasteiger charge is -2.13. The first-order valence-electron chi connectivity index (χ1n) is 3.91. The maximum atomic E-state index is 4.15. The lowest BCUT2D eigenvalue weighted by atomic mass is 10.3. The van der Waals surface area contributed by atoms with Crippen LogP contribution in [0.3, 0.4) is 0 Å². The fourth-order valence-corrected chi connectivity index (χ4v) is 2.25. The van der Waals surface area contributed by atoms with Crippen molar-refractivity contribution in [2.45, 2.75) is 0 Å². The summed E-state index contributed by atoms with van der Waals surface area (Å²) in [5.74, 6) is 0.831. The molecule has 0 amide bonds. The van der Waals surface area contributed by atoms with Gasteiger partial charge in [0.25, 0.3) is 0 Å². The number of azo groups is 1. The van der Waals surface area contributed by atoms with E-state index in [1.807, 2.05) is 6.21 Å².